The number of benzene rings is 2. The Labute approximate surface area is 156 Å². The van der Waals surface area contributed by atoms with Crippen molar-refractivity contribution in [3.63, 3.8) is 0 Å². The van der Waals surface area contributed by atoms with Crippen molar-refractivity contribution in [2.45, 2.75) is 13.0 Å². The molecule has 2 aromatic carbocycles. The molecule has 0 amide bonds. The molecule has 0 saturated heterocycles. The number of aromatic nitrogens is 2. The van der Waals surface area contributed by atoms with Crippen LogP contribution in [0.1, 0.15) is 29.3 Å². The first-order valence-corrected chi connectivity index (χ1v) is 8.64. The molecule has 0 saturated carbocycles. The number of rotatable bonds is 5. The van der Waals surface area contributed by atoms with Crippen LogP contribution in [0.25, 0.3) is 22.4 Å². The number of hydrogen-bond donors (Lipinski definition) is 2. The SMILES string of the molecule is COC(=O)c1ccc(-c2ccc(NC(C)c3nc4ccccc4[nH]3)cc2)o1. The number of carbonyl (C=O) groups excluding carboxylic acids is 1. The summed E-state index contributed by atoms with van der Waals surface area (Å²) in [6.45, 7) is 2.06. The molecule has 1 atom stereocenters. The Kier molecular flexibility index (Phi) is 4.38. The summed E-state index contributed by atoms with van der Waals surface area (Å²) in [5, 5.41) is 3.43. The lowest BCUT2D eigenvalue weighted by molar-refractivity contribution is 0.0566. The third kappa shape index (κ3) is 3.42. The van der Waals surface area contributed by atoms with Gasteiger partial charge >= 0.3 is 5.97 Å². The number of nitrogens with one attached hydrogen (secondary N) is 2. The summed E-state index contributed by atoms with van der Waals surface area (Å²) in [6.07, 6.45) is 0. The van der Waals surface area contributed by atoms with Crippen LogP contribution in [-0.2, 0) is 4.74 Å². The number of para-hydroxylation sites is 2. The summed E-state index contributed by atoms with van der Waals surface area (Å²) in [7, 11) is 1.33. The molecule has 0 aliphatic rings. The standard InChI is InChI=1S/C21H19N3O3/c1-13(20-23-16-5-3-4-6-17(16)24-20)22-15-9-7-14(8-10-15)18-11-12-19(27-18)21(25)26-2/h3-13,22H,1-2H3,(H,23,24). The lowest BCUT2D eigenvalue weighted by Crippen LogP contribution is -2.08. The van der Waals surface area contributed by atoms with Crippen molar-refractivity contribution >= 4 is 22.7 Å². The molecule has 0 radical (unpaired) electrons. The first-order valence-electron chi connectivity index (χ1n) is 8.64. The quantitative estimate of drug-likeness (QED) is 0.500. The van der Waals surface area contributed by atoms with Gasteiger partial charge in [0.1, 0.15) is 11.6 Å². The van der Waals surface area contributed by atoms with E-state index in [-0.39, 0.29) is 11.8 Å². The van der Waals surface area contributed by atoms with Gasteiger partial charge < -0.3 is 19.5 Å². The Morgan fingerprint density at radius 2 is 1.89 bits per heavy atom. The molecule has 4 rings (SSSR count). The maximum atomic E-state index is 11.5. The number of anilines is 1. The average molecular weight is 361 g/mol. The Bertz CT molecular complexity index is 1050. The lowest BCUT2D eigenvalue weighted by Gasteiger charge is -2.13. The van der Waals surface area contributed by atoms with Gasteiger partial charge in [0.2, 0.25) is 5.76 Å². The number of fused-ring (bicyclic) bond motifs is 1. The number of hydrogen-bond acceptors (Lipinski definition) is 5. The highest BCUT2D eigenvalue weighted by atomic mass is 16.5. The van der Waals surface area contributed by atoms with Gasteiger partial charge in [-0.1, -0.05) is 12.1 Å². The zero-order valence-electron chi connectivity index (χ0n) is 15.0. The summed E-state index contributed by atoms with van der Waals surface area (Å²) in [5.41, 5.74) is 3.82. The number of H-pyrrole nitrogens is 1. The minimum Gasteiger partial charge on any atom is -0.463 e. The van der Waals surface area contributed by atoms with Gasteiger partial charge in [0, 0.05) is 11.3 Å². The van der Waals surface area contributed by atoms with Gasteiger partial charge in [0.15, 0.2) is 0 Å². The van der Waals surface area contributed by atoms with E-state index in [9.17, 15) is 4.79 Å². The van der Waals surface area contributed by atoms with Crippen LogP contribution >= 0.6 is 0 Å². The van der Waals surface area contributed by atoms with E-state index in [0.29, 0.717) is 5.76 Å². The van der Waals surface area contributed by atoms with Crippen molar-refractivity contribution in [1.82, 2.24) is 9.97 Å². The Balaban J connectivity index is 1.48. The highest BCUT2D eigenvalue weighted by molar-refractivity contribution is 5.87. The number of esters is 1. The van der Waals surface area contributed by atoms with Crippen molar-refractivity contribution in [3.05, 3.63) is 72.2 Å². The number of aromatic amines is 1. The molecule has 0 spiro atoms. The number of furan rings is 1. The van der Waals surface area contributed by atoms with Crippen molar-refractivity contribution in [3.8, 4) is 11.3 Å². The fraction of sp³-hybridized carbons (Fsp3) is 0.143. The van der Waals surface area contributed by atoms with Gasteiger partial charge in [-0.2, -0.15) is 0 Å². The second kappa shape index (κ2) is 6.99. The van der Waals surface area contributed by atoms with Crippen LogP contribution in [0.4, 0.5) is 5.69 Å². The predicted molar refractivity (Wildman–Crippen MR) is 104 cm³/mol. The van der Waals surface area contributed by atoms with Crippen molar-refractivity contribution in [2.24, 2.45) is 0 Å². The first-order chi connectivity index (χ1) is 13.1. The summed E-state index contributed by atoms with van der Waals surface area (Å²) < 4.78 is 10.2. The largest absolute Gasteiger partial charge is 0.463 e. The summed E-state index contributed by atoms with van der Waals surface area (Å²) in [4.78, 5) is 19.5. The second-order valence-electron chi connectivity index (χ2n) is 6.24. The molecular formula is C21H19N3O3. The maximum absolute atomic E-state index is 11.5. The summed E-state index contributed by atoms with van der Waals surface area (Å²) in [6, 6.07) is 19.2. The Hall–Kier alpha value is -3.54. The van der Waals surface area contributed by atoms with Gasteiger partial charge in [-0.05, 0) is 55.5 Å². The molecule has 6 heteroatoms. The zero-order valence-corrected chi connectivity index (χ0v) is 15.0. The van der Waals surface area contributed by atoms with E-state index in [2.05, 4.69) is 26.9 Å². The maximum Gasteiger partial charge on any atom is 0.373 e. The van der Waals surface area contributed by atoms with Gasteiger partial charge in [-0.3, -0.25) is 0 Å². The van der Waals surface area contributed by atoms with Crippen LogP contribution in [0.15, 0.2) is 65.1 Å². The van der Waals surface area contributed by atoms with Crippen molar-refractivity contribution < 1.29 is 13.9 Å². The van der Waals surface area contributed by atoms with Gasteiger partial charge in [0.05, 0.1) is 24.2 Å². The van der Waals surface area contributed by atoms with E-state index in [1.807, 2.05) is 48.5 Å². The van der Waals surface area contributed by atoms with Gasteiger partial charge in [-0.15, -0.1) is 0 Å². The van der Waals surface area contributed by atoms with Crippen molar-refractivity contribution in [1.29, 1.82) is 0 Å². The highest BCUT2D eigenvalue weighted by Crippen LogP contribution is 2.26. The van der Waals surface area contributed by atoms with Gasteiger partial charge in [0.25, 0.3) is 0 Å². The minimum absolute atomic E-state index is 0.0257. The Morgan fingerprint density at radius 1 is 1.11 bits per heavy atom. The first kappa shape index (κ1) is 16.9. The topological polar surface area (TPSA) is 80.1 Å². The number of ether oxygens (including phenoxy) is 1. The molecule has 0 fully saturated rings. The van der Waals surface area contributed by atoms with Crippen LogP contribution in [0.2, 0.25) is 0 Å². The number of methoxy groups -OCH3 is 1. The summed E-state index contributed by atoms with van der Waals surface area (Å²) in [5.74, 6) is 1.20. The third-order valence-electron chi connectivity index (χ3n) is 4.36. The van der Waals surface area contributed by atoms with Crippen LogP contribution in [-0.4, -0.2) is 23.0 Å². The molecule has 1 unspecified atom stereocenters. The van der Waals surface area contributed by atoms with Crippen LogP contribution in [0, 0.1) is 0 Å². The molecule has 2 N–H and O–H groups in total. The second-order valence-corrected chi connectivity index (χ2v) is 6.24. The number of imidazole rings is 1. The normalized spacial score (nSPS) is 12.1. The fourth-order valence-corrected chi connectivity index (χ4v) is 2.93. The van der Waals surface area contributed by atoms with Gasteiger partial charge in [-0.25, -0.2) is 9.78 Å². The molecule has 27 heavy (non-hydrogen) atoms. The predicted octanol–water partition coefficient (Wildman–Crippen LogP) is 4.78. The molecule has 0 aliphatic carbocycles. The van der Waals surface area contributed by atoms with E-state index >= 15 is 0 Å². The van der Waals surface area contributed by atoms with E-state index in [1.54, 1.807) is 12.1 Å². The zero-order chi connectivity index (χ0) is 18.8. The van der Waals surface area contributed by atoms with Crippen LogP contribution < -0.4 is 5.32 Å². The third-order valence-corrected chi connectivity index (χ3v) is 4.36. The molecule has 2 heterocycles. The molecule has 0 bridgehead atoms. The lowest BCUT2D eigenvalue weighted by atomic mass is 10.1. The smallest absolute Gasteiger partial charge is 0.373 e. The van der Waals surface area contributed by atoms with E-state index in [4.69, 9.17) is 4.42 Å². The minimum atomic E-state index is -0.487. The molecule has 136 valence electrons. The van der Waals surface area contributed by atoms with E-state index in [1.165, 1.54) is 7.11 Å². The van der Waals surface area contributed by atoms with E-state index < -0.39 is 5.97 Å². The van der Waals surface area contributed by atoms with Crippen LogP contribution in [0.3, 0.4) is 0 Å². The number of nitrogens with zero attached hydrogens (tertiary/aromatic N) is 1. The van der Waals surface area contributed by atoms with E-state index in [0.717, 1.165) is 28.1 Å². The van der Waals surface area contributed by atoms with Crippen LogP contribution in [0.5, 0.6) is 0 Å². The molecule has 4 aromatic rings. The molecule has 0 aliphatic heterocycles. The number of carbonyl (C=O) groups is 1. The molecule has 2 aromatic heterocycles. The summed E-state index contributed by atoms with van der Waals surface area (Å²) >= 11 is 0. The molecular weight excluding hydrogens is 342 g/mol. The fourth-order valence-electron chi connectivity index (χ4n) is 2.93. The monoisotopic (exact) mass is 361 g/mol. The molecule has 6 nitrogen and oxygen atoms in total. The average Bonchev–Trinajstić information content (AvgIpc) is 3.35. The Morgan fingerprint density at radius 3 is 2.63 bits per heavy atom. The highest BCUT2D eigenvalue weighted by Gasteiger charge is 2.13. The van der Waals surface area contributed by atoms with Crippen molar-refractivity contribution in [2.75, 3.05) is 12.4 Å².